The lowest BCUT2D eigenvalue weighted by atomic mass is 9.97. The molecule has 0 N–H and O–H groups in total. The molecule has 0 aliphatic rings. The van der Waals surface area contributed by atoms with Gasteiger partial charge in [0, 0.05) is 23.6 Å². The summed E-state index contributed by atoms with van der Waals surface area (Å²) in [5.74, 6) is -0.0507. The Kier molecular flexibility index (Phi) is 13.9. The number of nitrogens with zero attached hydrogens (tertiary/aromatic N) is 3. The number of benzene rings is 3. The van der Waals surface area contributed by atoms with Crippen molar-refractivity contribution in [1.82, 2.24) is 9.78 Å². The second-order valence-electron chi connectivity index (χ2n) is 11.5. The summed E-state index contributed by atoms with van der Waals surface area (Å²) < 4.78 is 64.8. The smallest absolute Gasteiger partial charge is 0.442 e. The third-order valence-electron chi connectivity index (χ3n) is 6.50. The van der Waals surface area contributed by atoms with Gasteiger partial charge in [-0.05, 0) is 44.2 Å². The average molecular weight is 803 g/mol. The Morgan fingerprint density at radius 3 is 2.25 bits per heavy atom. The fraction of sp³-hybridized carbons (Fsp3) is 0.294. The number of hydrogen-bond acceptors (Lipinski definition) is 11. The molecule has 0 amide bonds. The number of terminal acetylenes is 1. The van der Waals surface area contributed by atoms with Gasteiger partial charge >= 0.3 is 23.9 Å². The van der Waals surface area contributed by atoms with Crippen molar-refractivity contribution in [2.45, 2.75) is 52.3 Å². The van der Waals surface area contributed by atoms with Crippen LogP contribution in [0.15, 0.2) is 57.7 Å². The van der Waals surface area contributed by atoms with Crippen molar-refractivity contribution in [1.29, 1.82) is 0 Å². The van der Waals surface area contributed by atoms with Gasteiger partial charge in [0.05, 0.1) is 37.8 Å². The Hall–Kier alpha value is -5.24. The lowest BCUT2D eigenvalue weighted by molar-refractivity contribution is -0.385. The van der Waals surface area contributed by atoms with Gasteiger partial charge in [0.1, 0.15) is 29.4 Å². The normalized spacial score (nSPS) is 11.7. The van der Waals surface area contributed by atoms with Crippen molar-refractivity contribution in [2.75, 3.05) is 13.2 Å². The highest BCUT2D eigenvalue weighted by atomic mass is 35.5. The number of carbonyl (C=O) groups is 2. The van der Waals surface area contributed by atoms with Gasteiger partial charge in [0.2, 0.25) is 5.89 Å². The molecule has 4 aromatic rings. The molecule has 19 heteroatoms. The van der Waals surface area contributed by atoms with E-state index in [0.29, 0.717) is 23.4 Å². The van der Waals surface area contributed by atoms with E-state index in [2.05, 4.69) is 11.0 Å². The summed E-state index contributed by atoms with van der Waals surface area (Å²) in [6, 6.07) is 8.33. The second kappa shape index (κ2) is 17.5. The third-order valence-corrected chi connectivity index (χ3v) is 7.40. The topological polar surface area (TPSA) is 162 Å². The molecule has 0 aliphatic heterocycles. The third kappa shape index (κ3) is 11.1. The van der Waals surface area contributed by atoms with Crippen molar-refractivity contribution in [2.24, 2.45) is 0 Å². The number of carbonyl (C=O) groups excluding carboxylic acids is 2. The van der Waals surface area contributed by atoms with Gasteiger partial charge in [0.15, 0.2) is 6.10 Å². The number of alkyl halides is 3. The number of halogens is 6. The van der Waals surface area contributed by atoms with Gasteiger partial charge in [-0.25, -0.2) is 14.4 Å². The molecular weight excluding hydrogens is 774 g/mol. The van der Waals surface area contributed by atoms with Crippen molar-refractivity contribution in [3.05, 3.63) is 101 Å². The van der Waals surface area contributed by atoms with Crippen LogP contribution in [-0.4, -0.2) is 46.0 Å². The van der Waals surface area contributed by atoms with Crippen molar-refractivity contribution in [3.63, 3.8) is 0 Å². The van der Waals surface area contributed by atoms with Crippen LogP contribution in [0, 0.1) is 22.5 Å². The molecule has 0 saturated heterocycles. The zero-order chi connectivity index (χ0) is 39.8. The van der Waals surface area contributed by atoms with Crippen LogP contribution in [0.2, 0.25) is 15.1 Å². The Morgan fingerprint density at radius 2 is 1.70 bits per heavy atom. The van der Waals surface area contributed by atoms with E-state index in [1.54, 1.807) is 6.92 Å². The second-order valence-corrected chi connectivity index (χ2v) is 12.8. The number of aromatic nitrogens is 2. The van der Waals surface area contributed by atoms with Crippen LogP contribution in [0.4, 0.5) is 18.9 Å². The van der Waals surface area contributed by atoms with Crippen LogP contribution >= 0.6 is 34.8 Å². The number of nitro benzene ring substituents is 1. The van der Waals surface area contributed by atoms with Gasteiger partial charge in [-0.3, -0.25) is 10.1 Å². The fourth-order valence-electron chi connectivity index (χ4n) is 3.96. The molecule has 0 aliphatic carbocycles. The first kappa shape index (κ1) is 42.2. The Labute approximate surface area is 314 Å². The number of hydrogen-bond donors (Lipinski definition) is 0. The van der Waals surface area contributed by atoms with Crippen LogP contribution in [0.5, 0.6) is 17.2 Å². The van der Waals surface area contributed by atoms with E-state index in [-0.39, 0.29) is 39.8 Å². The lowest BCUT2D eigenvalue weighted by Gasteiger charge is -2.13. The molecule has 4 rings (SSSR count). The van der Waals surface area contributed by atoms with Crippen LogP contribution in [0.1, 0.15) is 56.4 Å². The van der Waals surface area contributed by atoms with Gasteiger partial charge < -0.3 is 23.4 Å². The molecule has 0 radical (unpaired) electrons. The minimum atomic E-state index is -4.61. The molecule has 282 valence electrons. The fourth-order valence-corrected chi connectivity index (χ4v) is 4.70. The maximum Gasteiger partial charge on any atom is 0.442 e. The molecule has 1 aromatic heterocycles. The van der Waals surface area contributed by atoms with Gasteiger partial charge in [0.25, 0.3) is 5.69 Å². The van der Waals surface area contributed by atoms with Gasteiger partial charge in [-0.1, -0.05) is 61.5 Å². The van der Waals surface area contributed by atoms with Crippen LogP contribution in [0.3, 0.4) is 0 Å². The monoisotopic (exact) mass is 801 g/mol. The minimum Gasteiger partial charge on any atom is -0.479 e. The van der Waals surface area contributed by atoms with Gasteiger partial charge in [-0.2, -0.15) is 17.9 Å². The summed E-state index contributed by atoms with van der Waals surface area (Å²) in [5, 5.41) is 15.6. The van der Waals surface area contributed by atoms with Crippen molar-refractivity contribution in [3.8, 4) is 35.3 Å². The van der Waals surface area contributed by atoms with E-state index in [9.17, 15) is 37.7 Å². The highest BCUT2D eigenvalue weighted by molar-refractivity contribution is 6.36. The van der Waals surface area contributed by atoms with E-state index in [0.717, 1.165) is 35.0 Å². The molecule has 13 nitrogen and oxygen atoms in total. The Morgan fingerprint density at radius 1 is 1.04 bits per heavy atom. The summed E-state index contributed by atoms with van der Waals surface area (Å²) >= 11 is 18.0. The van der Waals surface area contributed by atoms with Gasteiger partial charge in [-0.15, -0.1) is 11.5 Å². The minimum absolute atomic E-state index is 0.0398. The number of nitro groups is 1. The first-order chi connectivity index (χ1) is 24.7. The number of esters is 2. The molecule has 1 heterocycles. The molecule has 0 spiro atoms. The summed E-state index contributed by atoms with van der Waals surface area (Å²) in [6.45, 7) is 8.50. The molecule has 0 saturated carbocycles. The maximum absolute atomic E-state index is 12.8. The quantitative estimate of drug-likeness (QED) is 0.0653. The highest BCUT2D eigenvalue weighted by Gasteiger charge is 2.32. The SMILES string of the molecule is C#CCOc1cc(-n2nc(C(C)(C)C)oc2=O)c(Cl)cc1Cl.CCOC(=O)C(C)OC(=O)c1cc(Oc2ccc(C(F)(F)F)cc2Cl)ccc1[N+](=O)[O-]. The molecular formula is C34H29Cl3F3N3O10. The summed E-state index contributed by atoms with van der Waals surface area (Å²) in [7, 11) is 0. The summed E-state index contributed by atoms with van der Waals surface area (Å²) in [4.78, 5) is 46.4. The molecule has 1 atom stereocenters. The van der Waals surface area contributed by atoms with Crippen molar-refractivity contribution < 1.29 is 51.0 Å². The predicted molar refractivity (Wildman–Crippen MR) is 186 cm³/mol. The summed E-state index contributed by atoms with van der Waals surface area (Å²) in [6.07, 6.45) is -0.787. The number of ether oxygens (including phenoxy) is 4. The first-order valence-corrected chi connectivity index (χ1v) is 16.2. The molecule has 3 aromatic carbocycles. The lowest BCUT2D eigenvalue weighted by Crippen LogP contribution is -2.26. The standard InChI is InChI=1S/C19H15ClF3NO7.C15H14Cl2N2O3/c1-3-29-17(25)10(2)30-18(26)13-9-12(5-6-15(13)24(27)28)31-16-7-4-11(8-14(16)20)19(21,22)23;1-5-6-21-12-8-11(9(16)7-10(12)17)19-14(20)22-13(18-19)15(2,3)4/h4-10H,3H2,1-2H3;1,7-8H,6H2,2-4H3. The molecule has 1 unspecified atom stereocenters. The molecule has 53 heavy (non-hydrogen) atoms. The molecule has 0 bridgehead atoms. The summed E-state index contributed by atoms with van der Waals surface area (Å²) in [5.41, 5.74) is -2.27. The zero-order valence-corrected chi connectivity index (χ0v) is 30.6. The average Bonchev–Trinajstić information content (AvgIpc) is 3.47. The Balaban J connectivity index is 0.000000302. The van der Waals surface area contributed by atoms with E-state index in [1.807, 2.05) is 20.8 Å². The van der Waals surface area contributed by atoms with E-state index in [4.69, 9.17) is 64.6 Å². The maximum atomic E-state index is 12.8. The predicted octanol–water partition coefficient (Wildman–Crippen LogP) is 8.61. The zero-order valence-electron chi connectivity index (χ0n) is 28.4. The van der Waals surface area contributed by atoms with Crippen molar-refractivity contribution >= 4 is 52.4 Å². The van der Waals surface area contributed by atoms with Crippen LogP contribution in [0.25, 0.3) is 5.69 Å². The van der Waals surface area contributed by atoms with Crippen LogP contribution in [-0.2, 0) is 25.9 Å². The highest BCUT2D eigenvalue weighted by Crippen LogP contribution is 2.37. The Bertz CT molecular complexity index is 2100. The first-order valence-electron chi connectivity index (χ1n) is 15.0. The largest absolute Gasteiger partial charge is 0.479 e. The van der Waals surface area contributed by atoms with E-state index >= 15 is 0 Å². The molecule has 0 fully saturated rings. The van der Waals surface area contributed by atoms with E-state index in [1.165, 1.54) is 19.1 Å². The number of rotatable bonds is 10. The van der Waals surface area contributed by atoms with E-state index < -0.39 is 57.1 Å². The van der Waals surface area contributed by atoms with Crippen LogP contribution < -0.4 is 15.2 Å².